The molecule has 134 valence electrons. The number of hydrogen-bond donors (Lipinski definition) is 0. The smallest absolute Gasteiger partial charge is 0.339 e. The Balaban J connectivity index is 2.31. The first-order chi connectivity index (χ1) is 11.6. The van der Waals surface area contributed by atoms with Gasteiger partial charge >= 0.3 is 16.1 Å². The Kier molecular flexibility index (Phi) is 5.52. The van der Waals surface area contributed by atoms with Gasteiger partial charge < -0.3 is 8.92 Å². The van der Waals surface area contributed by atoms with Crippen LogP contribution in [0.25, 0.3) is 0 Å². The van der Waals surface area contributed by atoms with E-state index in [0.29, 0.717) is 5.56 Å². The van der Waals surface area contributed by atoms with Crippen LogP contribution >= 0.6 is 0 Å². The molecule has 0 saturated carbocycles. The molecule has 0 heterocycles. The Morgan fingerprint density at radius 2 is 1.52 bits per heavy atom. The van der Waals surface area contributed by atoms with Crippen LogP contribution in [0, 0.1) is 0 Å². The first kappa shape index (κ1) is 19.0. The van der Waals surface area contributed by atoms with Crippen LogP contribution in [0.5, 0.6) is 5.75 Å². The van der Waals surface area contributed by atoms with Crippen LogP contribution in [0.15, 0.2) is 59.5 Å². The van der Waals surface area contributed by atoms with E-state index in [9.17, 15) is 13.2 Å². The van der Waals surface area contributed by atoms with Crippen molar-refractivity contribution in [2.45, 2.75) is 44.1 Å². The summed E-state index contributed by atoms with van der Waals surface area (Å²) in [6.07, 6.45) is 0. The van der Waals surface area contributed by atoms with Gasteiger partial charge in [0.2, 0.25) is 0 Å². The van der Waals surface area contributed by atoms with Crippen molar-refractivity contribution >= 4 is 16.1 Å². The van der Waals surface area contributed by atoms with Crippen LogP contribution in [0.4, 0.5) is 0 Å². The van der Waals surface area contributed by atoms with Gasteiger partial charge in [0.1, 0.15) is 16.2 Å². The van der Waals surface area contributed by atoms with Crippen LogP contribution in [-0.2, 0) is 19.6 Å². The zero-order valence-corrected chi connectivity index (χ0v) is 15.5. The molecule has 0 spiro atoms. The van der Waals surface area contributed by atoms with Crippen molar-refractivity contribution in [2.24, 2.45) is 0 Å². The summed E-state index contributed by atoms with van der Waals surface area (Å²) in [5.41, 5.74) is -0.173. The van der Waals surface area contributed by atoms with E-state index in [1.165, 1.54) is 18.2 Å². The minimum Gasteiger partial charge on any atom is -0.460 e. The molecule has 0 aliphatic rings. The molecular formula is C19H22O5S. The molecule has 25 heavy (non-hydrogen) atoms. The van der Waals surface area contributed by atoms with Crippen LogP contribution < -0.4 is 4.18 Å². The van der Waals surface area contributed by atoms with Gasteiger partial charge in [-0.3, -0.25) is 4.79 Å². The van der Waals surface area contributed by atoms with Crippen molar-refractivity contribution in [3.05, 3.63) is 60.2 Å². The van der Waals surface area contributed by atoms with Crippen LogP contribution in [0.1, 0.15) is 39.2 Å². The van der Waals surface area contributed by atoms with Crippen molar-refractivity contribution in [2.75, 3.05) is 0 Å². The second-order valence-corrected chi connectivity index (χ2v) is 8.19. The van der Waals surface area contributed by atoms with Crippen molar-refractivity contribution < 1.29 is 22.1 Å². The van der Waals surface area contributed by atoms with Crippen molar-refractivity contribution in [1.29, 1.82) is 0 Å². The van der Waals surface area contributed by atoms with Crippen molar-refractivity contribution in [3.8, 4) is 5.75 Å². The number of ether oxygens (including phenoxy) is 1. The van der Waals surface area contributed by atoms with Crippen LogP contribution in [-0.4, -0.2) is 20.0 Å². The zero-order chi connectivity index (χ0) is 18.7. The molecule has 0 bridgehead atoms. The summed E-state index contributed by atoms with van der Waals surface area (Å²) in [5.74, 6) is -0.994. The molecule has 2 rings (SSSR count). The molecule has 0 amide bonds. The molecule has 1 atom stereocenters. The number of hydrogen-bond acceptors (Lipinski definition) is 5. The van der Waals surface area contributed by atoms with Crippen LogP contribution in [0.3, 0.4) is 0 Å². The molecular weight excluding hydrogens is 340 g/mol. The third kappa shape index (κ3) is 5.06. The van der Waals surface area contributed by atoms with E-state index in [4.69, 9.17) is 8.92 Å². The summed E-state index contributed by atoms with van der Waals surface area (Å²) < 4.78 is 35.5. The highest BCUT2D eigenvalue weighted by atomic mass is 32.2. The highest BCUT2D eigenvalue weighted by molar-refractivity contribution is 7.87. The number of esters is 1. The standard InChI is InChI=1S/C19H22O5S/c1-14(18(20)23-19(2,3)4)16-12-8-9-13-17(16)24-25(21,22)15-10-6-5-7-11-15/h5-14H,1-4H3. The number of carbonyl (C=O) groups is 1. The fraction of sp³-hybridized carbons (Fsp3) is 0.316. The predicted octanol–water partition coefficient (Wildman–Crippen LogP) is 3.90. The number of benzene rings is 2. The van der Waals surface area contributed by atoms with Gasteiger partial charge in [0.05, 0.1) is 5.92 Å². The second-order valence-electron chi connectivity index (χ2n) is 6.64. The highest BCUT2D eigenvalue weighted by Crippen LogP contribution is 2.30. The predicted molar refractivity (Wildman–Crippen MR) is 95.0 cm³/mol. The summed E-state index contributed by atoms with van der Waals surface area (Å²) in [5, 5.41) is 0. The minimum atomic E-state index is -3.98. The molecule has 6 heteroatoms. The highest BCUT2D eigenvalue weighted by Gasteiger charge is 2.27. The maximum atomic E-state index is 12.4. The maximum absolute atomic E-state index is 12.4. The Hall–Kier alpha value is -2.34. The van der Waals surface area contributed by atoms with Gasteiger partial charge in [-0.15, -0.1) is 0 Å². The average molecular weight is 362 g/mol. The summed E-state index contributed by atoms with van der Waals surface area (Å²) in [7, 11) is -3.98. The SMILES string of the molecule is CC(C(=O)OC(C)(C)C)c1ccccc1OS(=O)(=O)c1ccccc1. The first-order valence-corrected chi connectivity index (χ1v) is 9.32. The molecule has 0 aliphatic heterocycles. The molecule has 0 aliphatic carbocycles. The van der Waals surface area contributed by atoms with E-state index in [1.807, 2.05) is 0 Å². The lowest BCUT2D eigenvalue weighted by molar-refractivity contribution is -0.156. The van der Waals surface area contributed by atoms with E-state index >= 15 is 0 Å². The van der Waals surface area contributed by atoms with Gasteiger partial charge in [-0.2, -0.15) is 8.42 Å². The van der Waals surface area contributed by atoms with Gasteiger partial charge in [-0.1, -0.05) is 36.4 Å². The van der Waals surface area contributed by atoms with E-state index in [-0.39, 0.29) is 10.6 Å². The Morgan fingerprint density at radius 3 is 2.12 bits per heavy atom. The fourth-order valence-corrected chi connectivity index (χ4v) is 3.16. The van der Waals surface area contributed by atoms with Crippen LogP contribution in [0.2, 0.25) is 0 Å². The molecule has 2 aromatic carbocycles. The summed E-state index contributed by atoms with van der Waals surface area (Å²) in [4.78, 5) is 12.4. The molecule has 0 N–H and O–H groups in total. The summed E-state index contributed by atoms with van der Waals surface area (Å²) >= 11 is 0. The van der Waals surface area contributed by atoms with E-state index in [0.717, 1.165) is 0 Å². The third-order valence-electron chi connectivity index (χ3n) is 3.38. The van der Waals surface area contributed by atoms with Gasteiger partial charge in [-0.05, 0) is 45.9 Å². The summed E-state index contributed by atoms with van der Waals surface area (Å²) in [6.45, 7) is 6.99. The average Bonchev–Trinajstić information content (AvgIpc) is 2.53. The molecule has 0 fully saturated rings. The Morgan fingerprint density at radius 1 is 0.960 bits per heavy atom. The van der Waals surface area contributed by atoms with E-state index in [1.54, 1.807) is 64.1 Å². The van der Waals surface area contributed by atoms with Gasteiger partial charge in [-0.25, -0.2) is 0 Å². The van der Waals surface area contributed by atoms with E-state index < -0.39 is 27.6 Å². The molecule has 5 nitrogen and oxygen atoms in total. The third-order valence-corrected chi connectivity index (χ3v) is 4.63. The topological polar surface area (TPSA) is 69.7 Å². The molecule has 0 aromatic heterocycles. The van der Waals surface area contributed by atoms with E-state index in [2.05, 4.69) is 0 Å². The Bertz CT molecular complexity index is 836. The first-order valence-electron chi connectivity index (χ1n) is 7.91. The molecule has 0 saturated heterocycles. The minimum absolute atomic E-state index is 0.0507. The van der Waals surface area contributed by atoms with Gasteiger partial charge in [0.25, 0.3) is 0 Å². The number of rotatable bonds is 5. The largest absolute Gasteiger partial charge is 0.460 e. The van der Waals surface area contributed by atoms with Crippen molar-refractivity contribution in [1.82, 2.24) is 0 Å². The van der Waals surface area contributed by atoms with Gasteiger partial charge in [0, 0.05) is 5.56 Å². The molecule has 2 aromatic rings. The molecule has 1 unspecified atom stereocenters. The van der Waals surface area contributed by atoms with Crippen molar-refractivity contribution in [3.63, 3.8) is 0 Å². The zero-order valence-electron chi connectivity index (χ0n) is 14.7. The maximum Gasteiger partial charge on any atom is 0.339 e. The fourth-order valence-electron chi connectivity index (χ4n) is 2.18. The normalized spacial score (nSPS) is 13.1. The lowest BCUT2D eigenvalue weighted by atomic mass is 10.00. The van der Waals surface area contributed by atoms with Gasteiger partial charge in [0.15, 0.2) is 0 Å². The molecule has 0 radical (unpaired) electrons. The quantitative estimate of drug-likeness (QED) is 0.596. The lowest BCUT2D eigenvalue weighted by Crippen LogP contribution is -2.27. The monoisotopic (exact) mass is 362 g/mol. The number of carbonyl (C=O) groups excluding carboxylic acids is 1. The second kappa shape index (κ2) is 7.27. The summed E-state index contributed by atoms with van der Waals surface area (Å²) in [6, 6.07) is 14.4. The lowest BCUT2D eigenvalue weighted by Gasteiger charge is -2.23. The Labute approximate surface area is 148 Å². The number of para-hydroxylation sites is 1.